The normalized spacial score (nSPS) is 10.8. The van der Waals surface area contributed by atoms with E-state index in [1.807, 2.05) is 42.5 Å². The van der Waals surface area contributed by atoms with Crippen LogP contribution < -0.4 is 9.47 Å². The van der Waals surface area contributed by atoms with Crippen LogP contribution in [0.1, 0.15) is 11.8 Å². The highest BCUT2D eigenvalue weighted by Crippen LogP contribution is 2.35. The molecule has 0 atom stereocenters. The lowest BCUT2D eigenvalue weighted by Gasteiger charge is -2.12. The van der Waals surface area contributed by atoms with Gasteiger partial charge in [-0.1, -0.05) is 30.3 Å². The van der Waals surface area contributed by atoms with E-state index in [0.717, 1.165) is 27.6 Å². The van der Waals surface area contributed by atoms with Crippen molar-refractivity contribution in [2.75, 3.05) is 7.11 Å². The number of aromatic nitrogens is 3. The molecule has 4 aromatic rings. The van der Waals surface area contributed by atoms with Crippen LogP contribution in [-0.4, -0.2) is 22.3 Å². The van der Waals surface area contributed by atoms with Gasteiger partial charge in [0.05, 0.1) is 7.11 Å². The molecular weight excluding hydrogens is 330 g/mol. The Morgan fingerprint density at radius 1 is 1.00 bits per heavy atom. The first-order valence-electron chi connectivity index (χ1n) is 8.18. The molecule has 6 nitrogen and oxygen atoms in total. The van der Waals surface area contributed by atoms with Gasteiger partial charge in [0.2, 0.25) is 11.8 Å². The van der Waals surface area contributed by atoms with Crippen molar-refractivity contribution in [3.05, 3.63) is 66.5 Å². The van der Waals surface area contributed by atoms with Crippen LogP contribution in [0.15, 0.2) is 59.1 Å². The Kier molecular flexibility index (Phi) is 4.23. The zero-order valence-corrected chi connectivity index (χ0v) is 14.5. The van der Waals surface area contributed by atoms with Gasteiger partial charge < -0.3 is 13.9 Å². The van der Waals surface area contributed by atoms with Crippen molar-refractivity contribution in [1.82, 2.24) is 15.2 Å². The fourth-order valence-corrected chi connectivity index (χ4v) is 2.87. The average Bonchev–Trinajstić information content (AvgIpc) is 3.11. The first kappa shape index (κ1) is 16.1. The summed E-state index contributed by atoms with van der Waals surface area (Å²) in [6.45, 7) is 1.98. The lowest BCUT2D eigenvalue weighted by molar-refractivity contribution is 0.263. The Morgan fingerprint density at radius 3 is 2.62 bits per heavy atom. The third kappa shape index (κ3) is 3.09. The van der Waals surface area contributed by atoms with Crippen LogP contribution in [0.2, 0.25) is 0 Å². The van der Waals surface area contributed by atoms with Gasteiger partial charge in [-0.25, -0.2) is 4.98 Å². The molecule has 0 bridgehead atoms. The smallest absolute Gasteiger partial charge is 0.253 e. The number of benzene rings is 2. The minimum atomic E-state index is 0.229. The summed E-state index contributed by atoms with van der Waals surface area (Å²) >= 11 is 0. The summed E-state index contributed by atoms with van der Waals surface area (Å²) in [6, 6.07) is 16.0. The van der Waals surface area contributed by atoms with Crippen LogP contribution in [0.3, 0.4) is 0 Å². The van der Waals surface area contributed by atoms with Gasteiger partial charge in [-0.15, -0.1) is 10.2 Å². The van der Waals surface area contributed by atoms with E-state index in [0.29, 0.717) is 17.7 Å². The van der Waals surface area contributed by atoms with Crippen LogP contribution >= 0.6 is 0 Å². The maximum absolute atomic E-state index is 5.92. The molecule has 2 aromatic carbocycles. The molecule has 2 heterocycles. The predicted molar refractivity (Wildman–Crippen MR) is 97.1 cm³/mol. The monoisotopic (exact) mass is 347 g/mol. The standard InChI is InChI=1S/C20H17N3O3/c1-13-22-23-20(26-13)12-25-18-8-7-15(16-5-3-4-6-17(16)18)14-9-10-21-19(11-14)24-2/h3-11H,12H2,1-2H3. The Balaban J connectivity index is 1.73. The number of methoxy groups -OCH3 is 1. The van der Waals surface area contributed by atoms with E-state index in [1.165, 1.54) is 0 Å². The first-order chi connectivity index (χ1) is 12.7. The fourth-order valence-electron chi connectivity index (χ4n) is 2.87. The summed E-state index contributed by atoms with van der Waals surface area (Å²) in [6.07, 6.45) is 1.74. The number of hydrogen-bond acceptors (Lipinski definition) is 6. The van der Waals surface area contributed by atoms with E-state index in [9.17, 15) is 0 Å². The molecule has 0 aliphatic rings. The van der Waals surface area contributed by atoms with E-state index in [1.54, 1.807) is 20.2 Å². The highest BCUT2D eigenvalue weighted by atomic mass is 16.5. The summed E-state index contributed by atoms with van der Waals surface area (Å²) in [7, 11) is 1.61. The molecule has 4 rings (SSSR count). The first-order valence-corrected chi connectivity index (χ1v) is 8.18. The number of nitrogens with zero attached hydrogens (tertiary/aromatic N) is 3. The van der Waals surface area contributed by atoms with Crippen LogP contribution in [0.25, 0.3) is 21.9 Å². The molecule has 0 fully saturated rings. The Hall–Kier alpha value is -3.41. The second kappa shape index (κ2) is 6.84. The van der Waals surface area contributed by atoms with Gasteiger partial charge in [0, 0.05) is 24.6 Å². The topological polar surface area (TPSA) is 70.3 Å². The van der Waals surface area contributed by atoms with Gasteiger partial charge in [0.15, 0.2) is 6.61 Å². The van der Waals surface area contributed by atoms with E-state index in [2.05, 4.69) is 21.2 Å². The Morgan fingerprint density at radius 2 is 1.85 bits per heavy atom. The van der Waals surface area contributed by atoms with Gasteiger partial charge in [-0.05, 0) is 28.6 Å². The van der Waals surface area contributed by atoms with Crippen LogP contribution in [0.4, 0.5) is 0 Å². The molecule has 0 saturated heterocycles. The van der Waals surface area contributed by atoms with Crippen molar-refractivity contribution in [2.45, 2.75) is 13.5 Å². The average molecular weight is 347 g/mol. The molecule has 0 radical (unpaired) electrons. The zero-order chi connectivity index (χ0) is 17.9. The molecule has 0 aliphatic carbocycles. The van der Waals surface area contributed by atoms with Crippen molar-refractivity contribution >= 4 is 10.8 Å². The molecule has 0 amide bonds. The molecule has 6 heteroatoms. The number of aryl methyl sites for hydroxylation is 1. The molecule has 130 valence electrons. The minimum absolute atomic E-state index is 0.229. The molecule has 2 aromatic heterocycles. The molecular formula is C20H17N3O3. The SMILES string of the molecule is COc1cc(-c2ccc(OCc3nnc(C)o3)c3ccccc23)ccn1. The van der Waals surface area contributed by atoms with E-state index in [4.69, 9.17) is 13.9 Å². The van der Waals surface area contributed by atoms with Crippen LogP contribution in [0, 0.1) is 6.92 Å². The summed E-state index contributed by atoms with van der Waals surface area (Å²) < 4.78 is 16.5. The second-order valence-electron chi connectivity index (χ2n) is 5.75. The highest BCUT2D eigenvalue weighted by molar-refractivity contribution is 6.00. The van der Waals surface area contributed by atoms with Gasteiger partial charge >= 0.3 is 0 Å². The maximum Gasteiger partial charge on any atom is 0.253 e. The van der Waals surface area contributed by atoms with Crippen molar-refractivity contribution in [3.63, 3.8) is 0 Å². The second-order valence-corrected chi connectivity index (χ2v) is 5.75. The molecule has 0 unspecified atom stereocenters. The van der Waals surface area contributed by atoms with Gasteiger partial charge in [0.1, 0.15) is 5.75 Å². The van der Waals surface area contributed by atoms with Crippen molar-refractivity contribution in [1.29, 1.82) is 0 Å². The highest BCUT2D eigenvalue weighted by Gasteiger charge is 2.11. The summed E-state index contributed by atoms with van der Waals surface area (Å²) in [5.74, 6) is 2.32. The summed E-state index contributed by atoms with van der Waals surface area (Å²) in [5, 5.41) is 9.87. The molecule has 0 N–H and O–H groups in total. The van der Waals surface area contributed by atoms with Gasteiger partial charge in [-0.2, -0.15) is 0 Å². The van der Waals surface area contributed by atoms with E-state index in [-0.39, 0.29) is 6.61 Å². The van der Waals surface area contributed by atoms with Gasteiger partial charge in [-0.3, -0.25) is 0 Å². The van der Waals surface area contributed by atoms with E-state index < -0.39 is 0 Å². The van der Waals surface area contributed by atoms with Crippen molar-refractivity contribution in [2.24, 2.45) is 0 Å². The maximum atomic E-state index is 5.92. The van der Waals surface area contributed by atoms with E-state index >= 15 is 0 Å². The third-order valence-electron chi connectivity index (χ3n) is 4.06. The summed E-state index contributed by atoms with van der Waals surface area (Å²) in [4.78, 5) is 4.18. The number of hydrogen-bond donors (Lipinski definition) is 0. The lowest BCUT2D eigenvalue weighted by Crippen LogP contribution is -1.97. The minimum Gasteiger partial charge on any atom is -0.483 e. The molecule has 0 aliphatic heterocycles. The number of rotatable bonds is 5. The summed E-state index contributed by atoms with van der Waals surface area (Å²) in [5.41, 5.74) is 2.12. The van der Waals surface area contributed by atoms with Gasteiger partial charge in [0.25, 0.3) is 5.89 Å². The number of pyridine rings is 1. The molecule has 0 saturated carbocycles. The van der Waals surface area contributed by atoms with Crippen molar-refractivity contribution in [3.8, 4) is 22.8 Å². The molecule has 0 spiro atoms. The predicted octanol–water partition coefficient (Wildman–Crippen LogP) is 4.18. The lowest BCUT2D eigenvalue weighted by atomic mass is 9.98. The molecule has 26 heavy (non-hydrogen) atoms. The van der Waals surface area contributed by atoms with Crippen LogP contribution in [0.5, 0.6) is 11.6 Å². The van der Waals surface area contributed by atoms with Crippen molar-refractivity contribution < 1.29 is 13.9 Å². The fraction of sp³-hybridized carbons (Fsp3) is 0.150. The number of ether oxygens (including phenoxy) is 2. The Labute approximate surface area is 150 Å². The van der Waals surface area contributed by atoms with Crippen LogP contribution in [-0.2, 0) is 6.61 Å². The zero-order valence-electron chi connectivity index (χ0n) is 14.5. The quantitative estimate of drug-likeness (QED) is 0.539. The third-order valence-corrected chi connectivity index (χ3v) is 4.06. The Bertz CT molecular complexity index is 1060. The number of fused-ring (bicyclic) bond motifs is 1. The largest absolute Gasteiger partial charge is 0.483 e.